The van der Waals surface area contributed by atoms with Crippen molar-refractivity contribution in [2.75, 3.05) is 0 Å². The summed E-state index contributed by atoms with van der Waals surface area (Å²) >= 11 is 0. The molecule has 9 heavy (non-hydrogen) atoms. The van der Waals surface area contributed by atoms with Gasteiger partial charge < -0.3 is 9.97 Å². The Morgan fingerprint density at radius 2 is 2.22 bits per heavy atom. The molecule has 0 fully saturated rings. The zero-order valence-corrected chi connectivity index (χ0v) is 8.22. The van der Waals surface area contributed by atoms with Gasteiger partial charge in [0.1, 0.15) is 0 Å². The molecule has 0 saturated heterocycles. The van der Waals surface area contributed by atoms with Crippen LogP contribution >= 0.6 is 0 Å². The van der Waals surface area contributed by atoms with Crippen LogP contribution in [-0.2, 0) is 20.4 Å². The van der Waals surface area contributed by atoms with E-state index in [2.05, 4.69) is 23.8 Å². The molecule has 1 heterocycles. The van der Waals surface area contributed by atoms with E-state index >= 15 is 0 Å². The molecule has 0 spiro atoms. The van der Waals surface area contributed by atoms with Crippen molar-refractivity contribution in [3.8, 4) is 0 Å². The Morgan fingerprint density at radius 3 is 2.44 bits per heavy atom. The molecule has 0 aliphatic carbocycles. The van der Waals surface area contributed by atoms with E-state index < -0.39 is 0 Å². The van der Waals surface area contributed by atoms with Gasteiger partial charge in [0.15, 0.2) is 0 Å². The molecule has 0 saturated carbocycles. The maximum atomic E-state index is 4.00. The Bertz CT molecular complexity index is 146. The SMILES string of the molecule is CC(C)c1ncc[n-]1.[Re]. The maximum absolute atomic E-state index is 4.00. The number of imidazole rings is 1. The number of nitrogens with zero attached hydrogens (tertiary/aromatic N) is 2. The Morgan fingerprint density at radius 1 is 1.56 bits per heavy atom. The van der Waals surface area contributed by atoms with Crippen LogP contribution in [0.4, 0.5) is 0 Å². The molecule has 1 aromatic rings. The van der Waals surface area contributed by atoms with Crippen molar-refractivity contribution in [1.82, 2.24) is 9.97 Å². The van der Waals surface area contributed by atoms with Gasteiger partial charge >= 0.3 is 0 Å². The average Bonchev–Trinajstić information content (AvgIpc) is 2.12. The third-order valence-electron chi connectivity index (χ3n) is 0.997. The molecule has 0 unspecified atom stereocenters. The van der Waals surface area contributed by atoms with E-state index in [9.17, 15) is 0 Å². The van der Waals surface area contributed by atoms with Gasteiger partial charge in [-0.2, -0.15) is 0 Å². The van der Waals surface area contributed by atoms with Gasteiger partial charge in [0, 0.05) is 20.4 Å². The fourth-order valence-electron chi connectivity index (χ4n) is 0.551. The molecule has 0 bridgehead atoms. The van der Waals surface area contributed by atoms with Crippen molar-refractivity contribution in [3.63, 3.8) is 0 Å². The van der Waals surface area contributed by atoms with E-state index in [1.54, 1.807) is 12.4 Å². The third kappa shape index (κ3) is 2.30. The van der Waals surface area contributed by atoms with E-state index in [-0.39, 0.29) is 20.4 Å². The smallest absolute Gasteiger partial charge is 0 e. The first kappa shape index (κ1) is 8.87. The quantitative estimate of drug-likeness (QED) is 0.777. The minimum Gasteiger partial charge on any atom is -0.446 e. The van der Waals surface area contributed by atoms with Crippen LogP contribution in [0, 0.1) is 0 Å². The molecule has 3 heteroatoms. The molecule has 51 valence electrons. The fourth-order valence-corrected chi connectivity index (χ4v) is 0.551. The molecule has 0 atom stereocenters. The van der Waals surface area contributed by atoms with Crippen molar-refractivity contribution < 1.29 is 20.4 Å². The van der Waals surface area contributed by atoms with Gasteiger partial charge in [-0.25, -0.2) is 0 Å². The summed E-state index contributed by atoms with van der Waals surface area (Å²) < 4.78 is 0. The van der Waals surface area contributed by atoms with Crippen LogP contribution in [0.3, 0.4) is 0 Å². The molecule has 0 aliphatic rings. The van der Waals surface area contributed by atoms with E-state index in [4.69, 9.17) is 0 Å². The van der Waals surface area contributed by atoms with Crippen molar-refractivity contribution in [2.24, 2.45) is 0 Å². The van der Waals surface area contributed by atoms with Crippen molar-refractivity contribution in [1.29, 1.82) is 0 Å². The first-order chi connectivity index (χ1) is 3.80. The third-order valence-corrected chi connectivity index (χ3v) is 0.997. The normalized spacial score (nSPS) is 9.22. The van der Waals surface area contributed by atoms with E-state index in [1.807, 2.05) is 0 Å². The topological polar surface area (TPSA) is 27.0 Å². The summed E-state index contributed by atoms with van der Waals surface area (Å²) in [6, 6.07) is 0. The number of hydrogen-bond acceptors (Lipinski definition) is 1. The minimum atomic E-state index is 0. The van der Waals surface area contributed by atoms with Gasteiger partial charge in [-0.1, -0.05) is 32.1 Å². The van der Waals surface area contributed by atoms with Gasteiger partial charge in [0.05, 0.1) is 0 Å². The van der Waals surface area contributed by atoms with Crippen LogP contribution in [-0.4, -0.2) is 4.98 Å². The standard InChI is InChI=1S/C6H9N2.Re/c1-5(2)6-7-3-4-8-6;/h3-5H,1-2H3;/q-1;. The van der Waals surface area contributed by atoms with Gasteiger partial charge in [0.2, 0.25) is 0 Å². The predicted octanol–water partition coefficient (Wildman–Crippen LogP) is 1.16. The summed E-state index contributed by atoms with van der Waals surface area (Å²) in [5.41, 5.74) is 0. The first-order valence-corrected chi connectivity index (χ1v) is 2.74. The molecule has 0 N–H and O–H groups in total. The summed E-state index contributed by atoms with van der Waals surface area (Å²) in [6.45, 7) is 4.16. The maximum Gasteiger partial charge on any atom is 0 e. The van der Waals surface area contributed by atoms with Crippen LogP contribution in [0.15, 0.2) is 12.4 Å². The minimum absolute atomic E-state index is 0. The van der Waals surface area contributed by atoms with Crippen molar-refractivity contribution in [3.05, 3.63) is 18.2 Å². The van der Waals surface area contributed by atoms with Gasteiger partial charge in [-0.3, -0.25) is 0 Å². The van der Waals surface area contributed by atoms with Gasteiger partial charge in [-0.15, -0.1) is 0 Å². The van der Waals surface area contributed by atoms with Crippen LogP contribution in [0.5, 0.6) is 0 Å². The summed E-state index contributed by atoms with van der Waals surface area (Å²) in [7, 11) is 0. The van der Waals surface area contributed by atoms with Gasteiger partial charge in [-0.05, 0) is 5.92 Å². The van der Waals surface area contributed by atoms with Crippen LogP contribution in [0.1, 0.15) is 25.6 Å². The Balaban J connectivity index is 0.000000640. The van der Waals surface area contributed by atoms with Gasteiger partial charge in [0.25, 0.3) is 0 Å². The summed E-state index contributed by atoms with van der Waals surface area (Å²) in [5, 5.41) is 0. The zero-order chi connectivity index (χ0) is 5.98. The molecule has 1 aromatic heterocycles. The second-order valence-electron chi connectivity index (χ2n) is 2.07. The molecule has 2 nitrogen and oxygen atoms in total. The summed E-state index contributed by atoms with van der Waals surface area (Å²) in [6.07, 6.45) is 3.44. The fraction of sp³-hybridized carbons (Fsp3) is 0.500. The zero-order valence-electron chi connectivity index (χ0n) is 5.50. The van der Waals surface area contributed by atoms with E-state index in [0.717, 1.165) is 5.82 Å². The van der Waals surface area contributed by atoms with Crippen LogP contribution < -0.4 is 4.98 Å². The average molecular weight is 295 g/mol. The van der Waals surface area contributed by atoms with E-state index in [1.165, 1.54) is 0 Å². The number of rotatable bonds is 1. The Kier molecular flexibility index (Phi) is 3.76. The monoisotopic (exact) mass is 296 g/mol. The number of hydrogen-bond donors (Lipinski definition) is 0. The molecule has 0 aliphatic heterocycles. The Hall–Kier alpha value is -0.128. The second kappa shape index (κ2) is 3.81. The predicted molar refractivity (Wildman–Crippen MR) is 31.6 cm³/mol. The van der Waals surface area contributed by atoms with Crippen LogP contribution in [0.2, 0.25) is 0 Å². The number of aromatic nitrogens is 2. The molecule has 1 radical (unpaired) electrons. The summed E-state index contributed by atoms with van der Waals surface area (Å²) in [4.78, 5) is 8.01. The second-order valence-corrected chi connectivity index (χ2v) is 2.07. The van der Waals surface area contributed by atoms with Crippen molar-refractivity contribution in [2.45, 2.75) is 19.8 Å². The first-order valence-electron chi connectivity index (χ1n) is 2.74. The molecule has 0 aromatic carbocycles. The molecular formula is C6H9N2Re-. The molecular weight excluding hydrogens is 286 g/mol. The molecule has 1 rings (SSSR count). The molecule has 0 amide bonds. The Labute approximate surface area is 68.7 Å². The van der Waals surface area contributed by atoms with Crippen molar-refractivity contribution >= 4 is 0 Å². The largest absolute Gasteiger partial charge is 0.446 e. The van der Waals surface area contributed by atoms with Crippen LogP contribution in [0.25, 0.3) is 0 Å². The summed E-state index contributed by atoms with van der Waals surface area (Å²) in [5.74, 6) is 1.40. The van der Waals surface area contributed by atoms with E-state index in [0.29, 0.717) is 5.92 Å².